The maximum atomic E-state index is 12.0. The first-order valence-corrected chi connectivity index (χ1v) is 7.75. The van der Waals surface area contributed by atoms with E-state index in [0.29, 0.717) is 17.3 Å². The van der Waals surface area contributed by atoms with Crippen LogP contribution < -0.4 is 10.6 Å². The van der Waals surface area contributed by atoms with E-state index in [1.54, 1.807) is 30.7 Å². The van der Waals surface area contributed by atoms with E-state index in [4.69, 9.17) is 11.6 Å². The first kappa shape index (κ1) is 16.0. The van der Waals surface area contributed by atoms with Crippen molar-refractivity contribution >= 4 is 23.3 Å². The third kappa shape index (κ3) is 4.08. The van der Waals surface area contributed by atoms with Crippen LogP contribution >= 0.6 is 11.6 Å². The number of halogens is 1. The predicted molar refractivity (Wildman–Crippen MR) is 94.8 cm³/mol. The number of benzene rings is 1. The van der Waals surface area contributed by atoms with Gasteiger partial charge in [-0.15, -0.1) is 0 Å². The molecule has 0 aliphatic carbocycles. The number of nitrogens with one attached hydrogen (secondary N) is 2. The van der Waals surface area contributed by atoms with Gasteiger partial charge in [0, 0.05) is 30.7 Å². The molecule has 2 aromatic heterocycles. The second kappa shape index (κ2) is 7.57. The van der Waals surface area contributed by atoms with Gasteiger partial charge in [0.15, 0.2) is 0 Å². The molecular formula is C18H15ClN4O. The zero-order valence-corrected chi connectivity index (χ0v) is 13.5. The molecule has 5 nitrogen and oxygen atoms in total. The first-order valence-electron chi connectivity index (χ1n) is 7.37. The molecule has 2 amide bonds. The fourth-order valence-corrected chi connectivity index (χ4v) is 2.35. The normalized spacial score (nSPS) is 10.2. The lowest BCUT2D eigenvalue weighted by atomic mass is 10.1. The Bertz CT molecular complexity index is 839. The Morgan fingerprint density at radius 2 is 1.96 bits per heavy atom. The van der Waals surface area contributed by atoms with E-state index in [1.807, 2.05) is 36.4 Å². The Labute approximate surface area is 144 Å². The molecule has 0 atom stereocenters. The Morgan fingerprint density at radius 3 is 2.75 bits per heavy atom. The van der Waals surface area contributed by atoms with Crippen molar-refractivity contribution in [2.45, 2.75) is 6.54 Å². The maximum Gasteiger partial charge on any atom is 0.319 e. The van der Waals surface area contributed by atoms with Gasteiger partial charge in [-0.25, -0.2) is 4.79 Å². The predicted octanol–water partition coefficient (Wildman–Crippen LogP) is 4.12. The van der Waals surface area contributed by atoms with Crippen LogP contribution in [0.4, 0.5) is 10.5 Å². The fourth-order valence-electron chi connectivity index (χ4n) is 2.17. The second-order valence-corrected chi connectivity index (χ2v) is 5.49. The molecule has 2 N–H and O–H groups in total. The minimum atomic E-state index is -0.317. The van der Waals surface area contributed by atoms with Crippen LogP contribution in [0.1, 0.15) is 5.56 Å². The van der Waals surface area contributed by atoms with Crippen LogP contribution in [0, 0.1) is 0 Å². The van der Waals surface area contributed by atoms with Crippen molar-refractivity contribution in [3.63, 3.8) is 0 Å². The summed E-state index contributed by atoms with van der Waals surface area (Å²) in [5.41, 5.74) is 3.26. The SMILES string of the molecule is O=C(NCc1ccnc(-c2cccnc2)c1)Nc1ccccc1Cl. The minimum absolute atomic E-state index is 0.317. The molecule has 2 heterocycles. The number of aromatic nitrogens is 2. The molecule has 3 rings (SSSR count). The van der Waals surface area contributed by atoms with Crippen molar-refractivity contribution in [2.24, 2.45) is 0 Å². The van der Waals surface area contributed by atoms with E-state index in [0.717, 1.165) is 16.8 Å². The summed E-state index contributed by atoms with van der Waals surface area (Å²) in [5.74, 6) is 0. The van der Waals surface area contributed by atoms with Gasteiger partial charge in [-0.05, 0) is 42.0 Å². The molecule has 120 valence electrons. The van der Waals surface area contributed by atoms with E-state index in [9.17, 15) is 4.79 Å². The van der Waals surface area contributed by atoms with Gasteiger partial charge < -0.3 is 10.6 Å². The maximum absolute atomic E-state index is 12.0. The highest BCUT2D eigenvalue weighted by molar-refractivity contribution is 6.33. The second-order valence-electron chi connectivity index (χ2n) is 5.08. The smallest absolute Gasteiger partial charge is 0.319 e. The molecule has 0 bridgehead atoms. The summed E-state index contributed by atoms with van der Waals surface area (Å²) in [4.78, 5) is 20.4. The highest BCUT2D eigenvalue weighted by atomic mass is 35.5. The minimum Gasteiger partial charge on any atom is -0.334 e. The number of hydrogen-bond acceptors (Lipinski definition) is 3. The lowest BCUT2D eigenvalue weighted by molar-refractivity contribution is 0.251. The Kier molecular flexibility index (Phi) is 5.03. The van der Waals surface area contributed by atoms with Crippen LogP contribution in [-0.2, 0) is 6.54 Å². The zero-order chi connectivity index (χ0) is 16.8. The summed E-state index contributed by atoms with van der Waals surface area (Å²) in [6, 6.07) is 14.3. The number of pyridine rings is 2. The van der Waals surface area contributed by atoms with Crippen LogP contribution in [0.5, 0.6) is 0 Å². The highest BCUT2D eigenvalue weighted by Crippen LogP contribution is 2.20. The largest absolute Gasteiger partial charge is 0.334 e. The zero-order valence-electron chi connectivity index (χ0n) is 12.7. The van der Waals surface area contributed by atoms with Crippen molar-refractivity contribution in [2.75, 3.05) is 5.32 Å². The molecule has 3 aromatic rings. The number of para-hydroxylation sites is 1. The number of carbonyl (C=O) groups excluding carboxylic acids is 1. The van der Waals surface area contributed by atoms with Gasteiger partial charge in [0.25, 0.3) is 0 Å². The summed E-state index contributed by atoms with van der Waals surface area (Å²) in [6.07, 6.45) is 5.18. The molecule has 0 spiro atoms. The van der Waals surface area contributed by atoms with Crippen LogP contribution in [0.25, 0.3) is 11.3 Å². The lowest BCUT2D eigenvalue weighted by Gasteiger charge is -2.09. The standard InChI is InChI=1S/C18H15ClN4O/c19-15-5-1-2-6-16(15)23-18(24)22-11-13-7-9-21-17(10-13)14-4-3-8-20-12-14/h1-10,12H,11H2,(H2,22,23,24). The first-order chi connectivity index (χ1) is 11.7. The van der Waals surface area contributed by atoms with Crippen molar-refractivity contribution in [3.05, 3.63) is 77.7 Å². The quantitative estimate of drug-likeness (QED) is 0.752. The molecule has 0 fully saturated rings. The Balaban J connectivity index is 1.63. The Morgan fingerprint density at radius 1 is 1.08 bits per heavy atom. The van der Waals surface area contributed by atoms with Gasteiger partial charge in [0.1, 0.15) is 0 Å². The summed E-state index contributed by atoms with van der Waals surface area (Å²) in [7, 11) is 0. The molecule has 0 aliphatic rings. The summed E-state index contributed by atoms with van der Waals surface area (Å²) < 4.78 is 0. The number of anilines is 1. The Hall–Kier alpha value is -2.92. The molecule has 0 saturated heterocycles. The van der Waals surface area contributed by atoms with Crippen molar-refractivity contribution < 1.29 is 4.79 Å². The number of carbonyl (C=O) groups is 1. The number of rotatable bonds is 4. The molecule has 1 aromatic carbocycles. The molecule has 0 unspecified atom stereocenters. The third-order valence-electron chi connectivity index (χ3n) is 3.36. The van der Waals surface area contributed by atoms with E-state index in [1.165, 1.54) is 0 Å². The van der Waals surface area contributed by atoms with Gasteiger partial charge in [-0.1, -0.05) is 23.7 Å². The molecule has 24 heavy (non-hydrogen) atoms. The summed E-state index contributed by atoms with van der Waals surface area (Å²) in [5, 5.41) is 6.02. The lowest BCUT2D eigenvalue weighted by Crippen LogP contribution is -2.28. The van der Waals surface area contributed by atoms with Crippen LogP contribution in [0.2, 0.25) is 5.02 Å². The number of nitrogens with zero attached hydrogens (tertiary/aromatic N) is 2. The van der Waals surface area contributed by atoms with Crippen LogP contribution in [0.3, 0.4) is 0 Å². The van der Waals surface area contributed by atoms with Gasteiger partial charge in [-0.3, -0.25) is 9.97 Å². The van der Waals surface area contributed by atoms with Gasteiger partial charge in [-0.2, -0.15) is 0 Å². The molecule has 0 saturated carbocycles. The summed E-state index contributed by atoms with van der Waals surface area (Å²) in [6.45, 7) is 0.381. The fraction of sp³-hybridized carbons (Fsp3) is 0.0556. The molecular weight excluding hydrogens is 324 g/mol. The summed E-state index contributed by atoms with van der Waals surface area (Å²) >= 11 is 6.02. The van der Waals surface area contributed by atoms with E-state index in [-0.39, 0.29) is 6.03 Å². The average Bonchev–Trinajstić information content (AvgIpc) is 2.63. The highest BCUT2D eigenvalue weighted by Gasteiger charge is 2.06. The number of hydrogen-bond donors (Lipinski definition) is 2. The van der Waals surface area contributed by atoms with E-state index < -0.39 is 0 Å². The topological polar surface area (TPSA) is 66.9 Å². The van der Waals surface area contributed by atoms with Crippen molar-refractivity contribution in [3.8, 4) is 11.3 Å². The van der Waals surface area contributed by atoms with Crippen LogP contribution in [-0.4, -0.2) is 16.0 Å². The van der Waals surface area contributed by atoms with Crippen molar-refractivity contribution in [1.82, 2.24) is 15.3 Å². The van der Waals surface area contributed by atoms with Gasteiger partial charge in [0.05, 0.1) is 16.4 Å². The van der Waals surface area contributed by atoms with Crippen molar-refractivity contribution in [1.29, 1.82) is 0 Å². The monoisotopic (exact) mass is 338 g/mol. The van der Waals surface area contributed by atoms with E-state index >= 15 is 0 Å². The third-order valence-corrected chi connectivity index (χ3v) is 3.69. The average molecular weight is 339 g/mol. The molecule has 0 aliphatic heterocycles. The van der Waals surface area contributed by atoms with E-state index in [2.05, 4.69) is 20.6 Å². The number of amides is 2. The molecule has 0 radical (unpaired) electrons. The molecule has 6 heteroatoms. The van der Waals surface area contributed by atoms with Gasteiger partial charge >= 0.3 is 6.03 Å². The van der Waals surface area contributed by atoms with Crippen LogP contribution in [0.15, 0.2) is 67.1 Å². The number of urea groups is 1. The van der Waals surface area contributed by atoms with Gasteiger partial charge in [0.2, 0.25) is 0 Å².